The number of carbonyl (C=O) groups is 2. The molecule has 0 fully saturated rings. The van der Waals surface area contributed by atoms with E-state index >= 15 is 0 Å². The number of benzene rings is 3. The first-order valence-corrected chi connectivity index (χ1v) is 13.8. The zero-order valence-electron chi connectivity index (χ0n) is 23.8. The summed E-state index contributed by atoms with van der Waals surface area (Å²) in [5.41, 5.74) is 1.18. The van der Waals surface area contributed by atoms with E-state index in [9.17, 15) is 9.59 Å². The van der Waals surface area contributed by atoms with Crippen LogP contribution in [0.3, 0.4) is 0 Å². The maximum Gasteiger partial charge on any atom is 0.308 e. The second-order valence-corrected chi connectivity index (χ2v) is 10.3. The Hall–Kier alpha value is -3.28. The minimum atomic E-state index is -0.343. The minimum absolute atomic E-state index is 0.193. The Balaban J connectivity index is 2.03. The van der Waals surface area contributed by atoms with Crippen LogP contribution in [0.5, 0.6) is 11.5 Å². The molecule has 206 valence electrons. The fourth-order valence-corrected chi connectivity index (χ4v) is 4.10. The maximum atomic E-state index is 12.2. The van der Waals surface area contributed by atoms with Crippen LogP contribution in [0.15, 0.2) is 42.5 Å². The van der Waals surface area contributed by atoms with Gasteiger partial charge < -0.3 is 18.9 Å². The van der Waals surface area contributed by atoms with Crippen LogP contribution in [-0.2, 0) is 25.5 Å². The van der Waals surface area contributed by atoms with Crippen LogP contribution in [0, 0.1) is 11.8 Å². The third-order valence-corrected chi connectivity index (χ3v) is 6.64. The van der Waals surface area contributed by atoms with Crippen LogP contribution < -0.4 is 9.47 Å². The molecule has 0 saturated carbocycles. The molecule has 0 aromatic heterocycles. The van der Waals surface area contributed by atoms with Gasteiger partial charge in [0.25, 0.3) is 0 Å². The first kappa shape index (κ1) is 29.3. The lowest BCUT2D eigenvalue weighted by Crippen LogP contribution is -2.27. The lowest BCUT2D eigenvalue weighted by atomic mass is 9.98. The van der Waals surface area contributed by atoms with Crippen molar-refractivity contribution in [2.45, 2.75) is 79.9 Å². The summed E-state index contributed by atoms with van der Waals surface area (Å²) in [5, 5.41) is 3.69. The molecule has 6 heteroatoms. The number of aryl methyl sites for hydroxylation is 1. The van der Waals surface area contributed by atoms with Crippen LogP contribution >= 0.6 is 0 Å². The summed E-state index contributed by atoms with van der Waals surface area (Å²) in [5.74, 6) is 0.645. The normalized spacial score (nSPS) is 13.1. The van der Waals surface area contributed by atoms with Gasteiger partial charge in [-0.3, -0.25) is 9.59 Å². The van der Waals surface area contributed by atoms with Crippen molar-refractivity contribution >= 4 is 33.5 Å². The number of carbonyl (C=O) groups excluding carboxylic acids is 2. The molecule has 0 heterocycles. The first-order chi connectivity index (χ1) is 18.2. The SMILES string of the molecule is CCc1ccc2c(OCC(CC)OC(=O)C(C)C)c3ccccc3c(OCC(CC)OC(=O)C(C)C)c2c1. The van der Waals surface area contributed by atoms with Gasteiger partial charge in [0.1, 0.15) is 36.9 Å². The summed E-state index contributed by atoms with van der Waals surface area (Å²) < 4.78 is 24.2. The van der Waals surface area contributed by atoms with Gasteiger partial charge in [-0.1, -0.05) is 84.9 Å². The third kappa shape index (κ3) is 6.97. The molecule has 0 amide bonds. The lowest BCUT2D eigenvalue weighted by molar-refractivity contribution is -0.155. The molecule has 0 bridgehead atoms. The van der Waals surface area contributed by atoms with Crippen molar-refractivity contribution in [1.82, 2.24) is 0 Å². The van der Waals surface area contributed by atoms with Gasteiger partial charge in [0.05, 0.1) is 11.8 Å². The minimum Gasteiger partial charge on any atom is -0.488 e. The predicted molar refractivity (Wildman–Crippen MR) is 152 cm³/mol. The fraction of sp³-hybridized carbons (Fsp3) is 0.500. The predicted octanol–water partition coefficient (Wildman–Crippen LogP) is 7.27. The van der Waals surface area contributed by atoms with Gasteiger partial charge in [0.15, 0.2) is 0 Å². The largest absolute Gasteiger partial charge is 0.488 e. The van der Waals surface area contributed by atoms with Crippen LogP contribution in [0.4, 0.5) is 0 Å². The van der Waals surface area contributed by atoms with Crippen LogP contribution in [-0.4, -0.2) is 37.4 Å². The van der Waals surface area contributed by atoms with Gasteiger partial charge >= 0.3 is 11.9 Å². The second-order valence-electron chi connectivity index (χ2n) is 10.3. The topological polar surface area (TPSA) is 71.1 Å². The lowest BCUT2D eigenvalue weighted by Gasteiger charge is -2.23. The molecular formula is C32H42O6. The number of ether oxygens (including phenoxy) is 4. The first-order valence-electron chi connectivity index (χ1n) is 13.8. The van der Waals surface area contributed by atoms with E-state index in [4.69, 9.17) is 18.9 Å². The molecule has 3 aromatic rings. The average Bonchev–Trinajstić information content (AvgIpc) is 2.92. The molecule has 0 saturated heterocycles. The second kappa shape index (κ2) is 13.5. The van der Waals surface area contributed by atoms with Crippen molar-refractivity contribution in [3.63, 3.8) is 0 Å². The zero-order chi connectivity index (χ0) is 27.8. The molecule has 3 rings (SSSR count). The molecule has 0 spiro atoms. The van der Waals surface area contributed by atoms with E-state index < -0.39 is 0 Å². The van der Waals surface area contributed by atoms with Gasteiger partial charge in [-0.05, 0) is 30.9 Å². The Morgan fingerprint density at radius 1 is 0.658 bits per heavy atom. The smallest absolute Gasteiger partial charge is 0.308 e. The van der Waals surface area contributed by atoms with Gasteiger partial charge in [0.2, 0.25) is 0 Å². The summed E-state index contributed by atoms with van der Waals surface area (Å²) in [4.78, 5) is 24.4. The van der Waals surface area contributed by atoms with Crippen molar-refractivity contribution in [3.8, 4) is 11.5 Å². The molecule has 3 aromatic carbocycles. The van der Waals surface area contributed by atoms with Gasteiger partial charge in [-0.2, -0.15) is 0 Å². The van der Waals surface area contributed by atoms with Gasteiger partial charge in [-0.15, -0.1) is 0 Å². The third-order valence-electron chi connectivity index (χ3n) is 6.64. The van der Waals surface area contributed by atoms with Crippen LogP contribution in [0.25, 0.3) is 21.5 Å². The quantitative estimate of drug-likeness (QED) is 0.174. The van der Waals surface area contributed by atoms with Gasteiger partial charge in [0, 0.05) is 21.5 Å². The molecule has 2 unspecified atom stereocenters. The Bertz CT molecular complexity index is 1250. The molecular weight excluding hydrogens is 480 g/mol. The molecule has 0 aliphatic carbocycles. The maximum absolute atomic E-state index is 12.2. The van der Waals surface area contributed by atoms with Crippen molar-refractivity contribution in [3.05, 3.63) is 48.0 Å². The van der Waals surface area contributed by atoms with Crippen molar-refractivity contribution in [2.24, 2.45) is 11.8 Å². The van der Waals surface area contributed by atoms with Gasteiger partial charge in [-0.25, -0.2) is 0 Å². The monoisotopic (exact) mass is 522 g/mol. The van der Waals surface area contributed by atoms with E-state index in [1.807, 2.05) is 65.8 Å². The summed E-state index contributed by atoms with van der Waals surface area (Å²) in [7, 11) is 0. The highest BCUT2D eigenvalue weighted by Gasteiger charge is 2.22. The number of hydrogen-bond donors (Lipinski definition) is 0. The molecule has 0 N–H and O–H groups in total. The van der Waals surface area contributed by atoms with E-state index in [-0.39, 0.29) is 49.2 Å². The Labute approximate surface area is 226 Å². The van der Waals surface area contributed by atoms with Crippen molar-refractivity contribution < 1.29 is 28.5 Å². The Morgan fingerprint density at radius 2 is 1.11 bits per heavy atom. The molecule has 38 heavy (non-hydrogen) atoms. The Kier molecular flexibility index (Phi) is 10.4. The summed E-state index contributed by atoms with van der Waals surface area (Å²) in [6.45, 7) is 13.9. The zero-order valence-corrected chi connectivity index (χ0v) is 23.8. The van der Waals surface area contributed by atoms with Crippen LogP contribution in [0.2, 0.25) is 0 Å². The standard InChI is InChI=1S/C32H42O6/c1-8-22-15-16-27-28(17-22)30(36-19-24(10-3)38-32(34)21(6)7)26-14-12-11-13-25(26)29(27)35-18-23(9-2)37-31(33)20(4)5/h11-17,20-21,23-24H,8-10,18-19H2,1-7H3. The summed E-state index contributed by atoms with van der Waals surface area (Å²) in [6.07, 6.45) is 1.51. The van der Waals surface area contributed by atoms with Crippen molar-refractivity contribution in [2.75, 3.05) is 13.2 Å². The number of esters is 2. The molecule has 0 aliphatic heterocycles. The van der Waals surface area contributed by atoms with E-state index in [0.29, 0.717) is 12.8 Å². The highest BCUT2D eigenvalue weighted by molar-refractivity contribution is 6.11. The number of hydrogen-bond acceptors (Lipinski definition) is 6. The molecule has 0 aliphatic rings. The highest BCUT2D eigenvalue weighted by Crippen LogP contribution is 2.43. The fourth-order valence-electron chi connectivity index (χ4n) is 4.10. The van der Waals surface area contributed by atoms with Crippen LogP contribution in [0.1, 0.15) is 66.9 Å². The summed E-state index contributed by atoms with van der Waals surface area (Å²) >= 11 is 0. The van der Waals surface area contributed by atoms with E-state index in [0.717, 1.165) is 39.5 Å². The highest BCUT2D eigenvalue weighted by atomic mass is 16.6. The molecule has 6 nitrogen and oxygen atoms in total. The van der Waals surface area contributed by atoms with E-state index in [1.54, 1.807) is 0 Å². The van der Waals surface area contributed by atoms with E-state index in [1.165, 1.54) is 5.56 Å². The number of rotatable bonds is 13. The average molecular weight is 523 g/mol. The molecule has 0 radical (unpaired) electrons. The molecule has 2 atom stereocenters. The van der Waals surface area contributed by atoms with Crippen molar-refractivity contribution in [1.29, 1.82) is 0 Å². The summed E-state index contributed by atoms with van der Waals surface area (Å²) in [6, 6.07) is 14.3. The van der Waals surface area contributed by atoms with E-state index in [2.05, 4.69) is 25.1 Å². The number of fused-ring (bicyclic) bond motifs is 2. The Morgan fingerprint density at radius 3 is 1.53 bits per heavy atom.